The van der Waals surface area contributed by atoms with Gasteiger partial charge in [-0.1, -0.05) is 18.2 Å². The summed E-state index contributed by atoms with van der Waals surface area (Å²) in [6.07, 6.45) is 0.788. The van der Waals surface area contributed by atoms with Crippen LogP contribution in [0.4, 0.5) is 0 Å². The second kappa shape index (κ2) is 4.42. The third-order valence-electron chi connectivity index (χ3n) is 3.47. The Morgan fingerprint density at radius 3 is 2.68 bits per heavy atom. The summed E-state index contributed by atoms with van der Waals surface area (Å²) >= 11 is 0. The Kier molecular flexibility index (Phi) is 2.74. The van der Waals surface area contributed by atoms with E-state index in [2.05, 4.69) is 10.4 Å². The van der Waals surface area contributed by atoms with Crippen LogP contribution in [0.2, 0.25) is 0 Å². The molecule has 2 N–H and O–H groups in total. The van der Waals surface area contributed by atoms with Crippen molar-refractivity contribution in [3.63, 3.8) is 0 Å². The van der Waals surface area contributed by atoms with Gasteiger partial charge in [0.05, 0.1) is 5.69 Å². The highest BCUT2D eigenvalue weighted by Gasteiger charge is 2.20. The van der Waals surface area contributed by atoms with E-state index in [-0.39, 0.29) is 11.5 Å². The molecule has 2 heterocycles. The number of fused-ring (bicyclic) bond motifs is 3. The van der Waals surface area contributed by atoms with Gasteiger partial charge in [0.15, 0.2) is 0 Å². The van der Waals surface area contributed by atoms with E-state index in [0.717, 1.165) is 17.7 Å². The van der Waals surface area contributed by atoms with Crippen molar-refractivity contribution in [1.82, 2.24) is 15.1 Å². The molecule has 1 aromatic carbocycles. The SMILES string of the molecule is Cc1c2n([nH]c1=O)CCCNC(=O)c1ccccc1-2. The predicted molar refractivity (Wildman–Crippen MR) is 72.2 cm³/mol. The minimum Gasteiger partial charge on any atom is -0.352 e. The molecular formula is C14H15N3O2. The highest BCUT2D eigenvalue weighted by atomic mass is 16.1. The molecule has 1 aromatic heterocycles. The lowest BCUT2D eigenvalue weighted by molar-refractivity contribution is 0.0954. The fraction of sp³-hybridized carbons (Fsp3) is 0.286. The van der Waals surface area contributed by atoms with Crippen molar-refractivity contribution in [2.45, 2.75) is 19.9 Å². The summed E-state index contributed by atoms with van der Waals surface area (Å²) in [6, 6.07) is 7.38. The number of amides is 1. The van der Waals surface area contributed by atoms with Crippen molar-refractivity contribution in [2.75, 3.05) is 6.54 Å². The number of hydrogen-bond donors (Lipinski definition) is 2. The average Bonchev–Trinajstić information content (AvgIpc) is 2.72. The lowest BCUT2D eigenvalue weighted by Gasteiger charge is -2.10. The smallest absolute Gasteiger partial charge is 0.267 e. The Hall–Kier alpha value is -2.30. The zero-order valence-corrected chi connectivity index (χ0v) is 10.7. The molecule has 0 bridgehead atoms. The number of aromatic amines is 1. The van der Waals surface area contributed by atoms with Gasteiger partial charge in [0.25, 0.3) is 11.5 Å². The van der Waals surface area contributed by atoms with Crippen LogP contribution in [-0.2, 0) is 6.54 Å². The number of benzene rings is 1. The fourth-order valence-corrected chi connectivity index (χ4v) is 2.51. The van der Waals surface area contributed by atoms with Crippen LogP contribution in [0.3, 0.4) is 0 Å². The molecule has 0 spiro atoms. The van der Waals surface area contributed by atoms with Gasteiger partial charge < -0.3 is 5.32 Å². The largest absolute Gasteiger partial charge is 0.352 e. The summed E-state index contributed by atoms with van der Waals surface area (Å²) in [5.41, 5.74) is 2.79. The van der Waals surface area contributed by atoms with Crippen LogP contribution < -0.4 is 10.9 Å². The highest BCUT2D eigenvalue weighted by Crippen LogP contribution is 2.26. The second-order valence-electron chi connectivity index (χ2n) is 4.72. The molecule has 98 valence electrons. The highest BCUT2D eigenvalue weighted by molar-refractivity contribution is 6.00. The molecule has 19 heavy (non-hydrogen) atoms. The molecule has 1 aliphatic heterocycles. The number of nitrogens with zero attached hydrogens (tertiary/aromatic N) is 1. The first kappa shape index (κ1) is 11.8. The number of aryl methyl sites for hydroxylation is 1. The molecular weight excluding hydrogens is 242 g/mol. The molecule has 0 fully saturated rings. The number of rotatable bonds is 0. The number of carbonyl (C=O) groups excluding carboxylic acids is 1. The van der Waals surface area contributed by atoms with E-state index >= 15 is 0 Å². The molecule has 0 saturated heterocycles. The lowest BCUT2D eigenvalue weighted by Crippen LogP contribution is -2.25. The number of nitrogens with one attached hydrogen (secondary N) is 2. The lowest BCUT2D eigenvalue weighted by atomic mass is 10.0. The Morgan fingerprint density at radius 1 is 1.16 bits per heavy atom. The summed E-state index contributed by atoms with van der Waals surface area (Å²) < 4.78 is 1.84. The first-order valence-corrected chi connectivity index (χ1v) is 6.35. The normalized spacial score (nSPS) is 14.7. The van der Waals surface area contributed by atoms with Gasteiger partial charge in [-0.2, -0.15) is 0 Å². The summed E-state index contributed by atoms with van der Waals surface area (Å²) in [7, 11) is 0. The van der Waals surface area contributed by atoms with Crippen molar-refractivity contribution in [3.8, 4) is 11.3 Å². The minimum atomic E-state index is -0.0919. The van der Waals surface area contributed by atoms with Gasteiger partial charge in [-0.05, 0) is 19.4 Å². The predicted octanol–water partition coefficient (Wildman–Crippen LogP) is 1.29. The molecule has 0 aliphatic carbocycles. The van der Waals surface area contributed by atoms with E-state index in [0.29, 0.717) is 24.2 Å². The second-order valence-corrected chi connectivity index (χ2v) is 4.72. The Morgan fingerprint density at radius 2 is 1.89 bits per heavy atom. The zero-order valence-electron chi connectivity index (χ0n) is 10.7. The van der Waals surface area contributed by atoms with Crippen LogP contribution in [0, 0.1) is 6.92 Å². The summed E-state index contributed by atoms with van der Waals surface area (Å²) in [4.78, 5) is 24.0. The molecule has 5 nitrogen and oxygen atoms in total. The molecule has 1 amide bonds. The first-order valence-electron chi connectivity index (χ1n) is 6.35. The molecule has 1 aliphatic rings. The van der Waals surface area contributed by atoms with Gasteiger partial charge >= 0.3 is 0 Å². The van der Waals surface area contributed by atoms with Gasteiger partial charge in [-0.25, -0.2) is 0 Å². The van der Waals surface area contributed by atoms with E-state index in [9.17, 15) is 9.59 Å². The van der Waals surface area contributed by atoms with Crippen LogP contribution in [-0.4, -0.2) is 22.2 Å². The molecule has 2 aromatic rings. The summed E-state index contributed by atoms with van der Waals surface area (Å²) in [5.74, 6) is -0.0860. The van der Waals surface area contributed by atoms with Crippen molar-refractivity contribution in [3.05, 3.63) is 45.7 Å². The van der Waals surface area contributed by atoms with Crippen molar-refractivity contribution in [2.24, 2.45) is 0 Å². The minimum absolute atomic E-state index is 0.0860. The fourth-order valence-electron chi connectivity index (χ4n) is 2.51. The van der Waals surface area contributed by atoms with Crippen LogP contribution in [0.25, 0.3) is 11.3 Å². The van der Waals surface area contributed by atoms with Gasteiger partial charge in [0.1, 0.15) is 0 Å². The molecule has 5 heteroatoms. The van der Waals surface area contributed by atoms with Crippen molar-refractivity contribution < 1.29 is 4.79 Å². The molecule has 0 unspecified atom stereocenters. The van der Waals surface area contributed by atoms with Crippen LogP contribution in [0.5, 0.6) is 0 Å². The summed E-state index contributed by atoms with van der Waals surface area (Å²) in [6.45, 7) is 3.08. The van der Waals surface area contributed by atoms with Gasteiger partial charge in [-0.15, -0.1) is 0 Å². The third-order valence-corrected chi connectivity index (χ3v) is 3.47. The summed E-state index contributed by atoms with van der Waals surface area (Å²) in [5, 5.41) is 5.73. The molecule has 0 saturated carbocycles. The topological polar surface area (TPSA) is 66.9 Å². The van der Waals surface area contributed by atoms with Gasteiger partial charge in [0, 0.05) is 29.8 Å². The van der Waals surface area contributed by atoms with E-state index in [1.54, 1.807) is 13.0 Å². The number of hydrogen-bond acceptors (Lipinski definition) is 2. The maximum absolute atomic E-state index is 12.1. The number of H-pyrrole nitrogens is 1. The molecule has 3 rings (SSSR count). The van der Waals surface area contributed by atoms with E-state index in [1.165, 1.54) is 0 Å². The van der Waals surface area contributed by atoms with Gasteiger partial charge in [-0.3, -0.25) is 19.4 Å². The Labute approximate surface area is 110 Å². The maximum atomic E-state index is 12.1. The van der Waals surface area contributed by atoms with Gasteiger partial charge in [0.2, 0.25) is 0 Å². The first-order chi connectivity index (χ1) is 9.18. The average molecular weight is 257 g/mol. The third kappa shape index (κ3) is 1.87. The van der Waals surface area contributed by atoms with Crippen LogP contribution in [0.1, 0.15) is 22.3 Å². The molecule has 0 atom stereocenters. The van der Waals surface area contributed by atoms with E-state index in [1.807, 2.05) is 22.9 Å². The van der Waals surface area contributed by atoms with Crippen LogP contribution >= 0.6 is 0 Å². The van der Waals surface area contributed by atoms with Crippen molar-refractivity contribution >= 4 is 5.91 Å². The maximum Gasteiger partial charge on any atom is 0.267 e. The number of aromatic nitrogens is 2. The quantitative estimate of drug-likeness (QED) is 0.746. The van der Waals surface area contributed by atoms with Crippen molar-refractivity contribution in [1.29, 1.82) is 0 Å². The Bertz CT molecular complexity index is 697. The van der Waals surface area contributed by atoms with Crippen LogP contribution in [0.15, 0.2) is 29.1 Å². The molecule has 0 radical (unpaired) electrons. The zero-order chi connectivity index (χ0) is 13.4. The Balaban J connectivity index is 2.32. The van der Waals surface area contributed by atoms with E-state index in [4.69, 9.17) is 0 Å². The monoisotopic (exact) mass is 257 g/mol. The standard InChI is InChI=1S/C14H15N3O2/c1-9-12-10-5-2-3-6-11(10)14(19)15-7-4-8-17(12)16-13(9)18/h2-3,5-6H,4,7-8H2,1H3,(H,15,19)(H,16,18). The number of carbonyl (C=O) groups is 1. The van der Waals surface area contributed by atoms with E-state index < -0.39 is 0 Å².